The van der Waals surface area contributed by atoms with Crippen LogP contribution in [-0.2, 0) is 28.5 Å². The highest BCUT2D eigenvalue weighted by Gasteiger charge is 2.44. The summed E-state index contributed by atoms with van der Waals surface area (Å²) in [5.74, 6) is -1.71. The molecule has 2 aliphatic rings. The van der Waals surface area contributed by atoms with E-state index in [1.54, 1.807) is 0 Å². The van der Waals surface area contributed by atoms with Crippen molar-refractivity contribution in [2.45, 2.75) is 113 Å². The fourth-order valence-corrected chi connectivity index (χ4v) is 5.15. The van der Waals surface area contributed by atoms with Gasteiger partial charge in [-0.1, -0.05) is 12.8 Å². The fourth-order valence-electron chi connectivity index (χ4n) is 5.15. The molecule has 3 heterocycles. The van der Waals surface area contributed by atoms with Crippen LogP contribution in [-0.4, -0.2) is 162 Å². The third kappa shape index (κ3) is 10.9. The molecular formula is C29H48N2O16. The van der Waals surface area contributed by atoms with Gasteiger partial charge in [-0.15, -0.1) is 4.73 Å². The molecule has 0 spiro atoms. The molecule has 0 aromatic carbocycles. The van der Waals surface area contributed by atoms with Gasteiger partial charge in [-0.3, -0.25) is 4.79 Å². The Bertz CT molecular complexity index is 1080. The molecule has 2 aliphatic heterocycles. The van der Waals surface area contributed by atoms with Crippen LogP contribution in [0.15, 0.2) is 12.1 Å². The monoisotopic (exact) mass is 680 g/mol. The van der Waals surface area contributed by atoms with Crippen molar-refractivity contribution in [1.82, 2.24) is 9.63 Å². The second kappa shape index (κ2) is 18.8. The van der Waals surface area contributed by atoms with Gasteiger partial charge in [0.05, 0.1) is 25.9 Å². The first-order valence-corrected chi connectivity index (χ1v) is 15.7. The summed E-state index contributed by atoms with van der Waals surface area (Å²) < 4.78 is 22.5. The van der Waals surface area contributed by atoms with Crippen molar-refractivity contribution in [3.05, 3.63) is 12.1 Å². The zero-order chi connectivity index (χ0) is 34.7. The topological polar surface area (TPSA) is 271 Å². The van der Waals surface area contributed by atoms with Gasteiger partial charge in [-0.05, 0) is 26.2 Å². The lowest BCUT2D eigenvalue weighted by molar-refractivity contribution is -0.301. The van der Waals surface area contributed by atoms with Gasteiger partial charge in [0.1, 0.15) is 42.7 Å². The van der Waals surface area contributed by atoms with Gasteiger partial charge in [-0.25, -0.2) is 4.79 Å². The Morgan fingerprint density at radius 1 is 0.745 bits per heavy atom. The van der Waals surface area contributed by atoms with Gasteiger partial charge in [0.2, 0.25) is 17.7 Å². The van der Waals surface area contributed by atoms with Crippen LogP contribution in [0, 0.1) is 0 Å². The van der Waals surface area contributed by atoms with Gasteiger partial charge in [0.25, 0.3) is 0 Å². The quantitative estimate of drug-likeness (QED) is 0.0703. The Morgan fingerprint density at radius 2 is 1.32 bits per heavy atom. The minimum atomic E-state index is -1.59. The first-order chi connectivity index (χ1) is 22.3. The van der Waals surface area contributed by atoms with E-state index in [2.05, 4.69) is 0 Å². The van der Waals surface area contributed by atoms with E-state index in [0.717, 1.165) is 0 Å². The molecule has 18 heteroatoms. The molecule has 0 unspecified atom stereocenters. The Hall–Kier alpha value is -2.62. The summed E-state index contributed by atoms with van der Waals surface area (Å²) in [5, 5.41) is 88.6. The third-order valence-corrected chi connectivity index (χ3v) is 8.02. The van der Waals surface area contributed by atoms with Crippen LogP contribution in [0.1, 0.15) is 51.9 Å². The smallest absolute Gasteiger partial charge is 0.333 e. The molecule has 0 aliphatic carbocycles. The first-order valence-electron chi connectivity index (χ1n) is 15.7. The zero-order valence-corrected chi connectivity index (χ0v) is 26.2. The lowest BCUT2D eigenvalue weighted by Gasteiger charge is -2.39. The molecule has 270 valence electrons. The molecule has 18 nitrogen and oxygen atoms in total. The van der Waals surface area contributed by atoms with E-state index in [1.807, 2.05) is 0 Å². The number of hydrogen-bond donors (Lipinski definition) is 9. The normalized spacial score (nSPS) is 31.1. The second-order valence-electron chi connectivity index (χ2n) is 11.6. The lowest BCUT2D eigenvalue weighted by Crippen LogP contribution is -2.59. The van der Waals surface area contributed by atoms with Crippen LogP contribution in [0.2, 0.25) is 0 Å². The summed E-state index contributed by atoms with van der Waals surface area (Å²) in [4.78, 5) is 31.5. The second-order valence-corrected chi connectivity index (χ2v) is 11.6. The zero-order valence-electron chi connectivity index (χ0n) is 26.2. The summed E-state index contributed by atoms with van der Waals surface area (Å²) in [6.45, 7) is 1.06. The summed E-state index contributed by atoms with van der Waals surface area (Å²) in [7, 11) is 0. The maximum atomic E-state index is 13.1. The first kappa shape index (κ1) is 38.8. The number of aromatic nitrogens is 1. The number of carbonyl (C=O) groups is 2. The molecule has 2 saturated heterocycles. The number of aliphatic hydroxyl groups excluding tert-OH is 7. The summed E-state index contributed by atoms with van der Waals surface area (Å²) in [6.07, 6.45) is -10.8. The van der Waals surface area contributed by atoms with Gasteiger partial charge in [0, 0.05) is 38.1 Å². The lowest BCUT2D eigenvalue weighted by atomic mass is 9.99. The number of carbonyl (C=O) groups excluding carboxylic acids is 2. The Labute approximate surface area is 271 Å². The van der Waals surface area contributed by atoms with Crippen LogP contribution in [0.25, 0.3) is 0 Å². The van der Waals surface area contributed by atoms with E-state index < -0.39 is 85.7 Å². The average molecular weight is 681 g/mol. The standard InChI is InChI=1S/C29H48N2O16/c1-16-22(37)24(39)26(41)28(45-16)44-14-12-30(11-6-13-43-29-27(42)25(40)23(38)17(15-32)46-29)18(33)7-4-2-3-5-8-21(36)47-31-19(34)9-10-20(31)35/h9-10,16-17,22-29,32,34-35,37-42H,2-8,11-15H2,1H3/t16-,17+,22+,23+,24+,25-,26-,27-,28+,29-/m0/s1. The van der Waals surface area contributed by atoms with E-state index in [-0.39, 0.29) is 51.5 Å². The molecule has 10 atom stereocenters. The summed E-state index contributed by atoms with van der Waals surface area (Å²) in [6, 6.07) is 2.34. The highest BCUT2D eigenvalue weighted by atomic mass is 16.7. The molecule has 0 radical (unpaired) electrons. The van der Waals surface area contributed by atoms with E-state index in [0.29, 0.717) is 30.4 Å². The van der Waals surface area contributed by atoms with Crippen LogP contribution in [0.3, 0.4) is 0 Å². The van der Waals surface area contributed by atoms with E-state index in [9.17, 15) is 55.5 Å². The molecule has 1 aromatic rings. The number of amides is 1. The van der Waals surface area contributed by atoms with Crippen LogP contribution >= 0.6 is 0 Å². The molecule has 0 saturated carbocycles. The average Bonchev–Trinajstić information content (AvgIpc) is 3.36. The van der Waals surface area contributed by atoms with Gasteiger partial charge >= 0.3 is 5.97 Å². The maximum Gasteiger partial charge on any atom is 0.333 e. The van der Waals surface area contributed by atoms with Crippen molar-refractivity contribution in [2.75, 3.05) is 32.9 Å². The molecule has 47 heavy (non-hydrogen) atoms. The van der Waals surface area contributed by atoms with Crippen LogP contribution < -0.4 is 4.84 Å². The van der Waals surface area contributed by atoms with Gasteiger partial charge in [-0.2, -0.15) is 0 Å². The maximum absolute atomic E-state index is 13.1. The minimum Gasteiger partial charge on any atom is -0.492 e. The molecule has 0 bridgehead atoms. The van der Waals surface area contributed by atoms with Crippen molar-refractivity contribution in [3.8, 4) is 11.8 Å². The Balaban J connectivity index is 1.44. The fraction of sp³-hybridized carbons (Fsp3) is 0.793. The van der Waals surface area contributed by atoms with Crippen molar-refractivity contribution < 1.29 is 79.3 Å². The summed E-state index contributed by atoms with van der Waals surface area (Å²) >= 11 is 0. The highest BCUT2D eigenvalue weighted by Crippen LogP contribution is 2.24. The Kier molecular flexibility index (Phi) is 15.5. The molecule has 1 amide bonds. The predicted octanol–water partition coefficient (Wildman–Crippen LogP) is -2.93. The van der Waals surface area contributed by atoms with E-state index >= 15 is 0 Å². The number of aliphatic hydroxyl groups is 7. The molecule has 1 aromatic heterocycles. The molecular weight excluding hydrogens is 632 g/mol. The van der Waals surface area contributed by atoms with Gasteiger partial charge in [0.15, 0.2) is 12.6 Å². The van der Waals surface area contributed by atoms with E-state index in [4.69, 9.17) is 23.8 Å². The van der Waals surface area contributed by atoms with Crippen molar-refractivity contribution >= 4 is 11.9 Å². The number of hydrogen-bond acceptors (Lipinski definition) is 16. The van der Waals surface area contributed by atoms with Crippen molar-refractivity contribution in [3.63, 3.8) is 0 Å². The number of nitrogens with zero attached hydrogens (tertiary/aromatic N) is 2. The number of aromatic hydroxyl groups is 2. The third-order valence-electron chi connectivity index (χ3n) is 8.02. The summed E-state index contributed by atoms with van der Waals surface area (Å²) in [5.41, 5.74) is 0. The number of ether oxygens (including phenoxy) is 4. The van der Waals surface area contributed by atoms with Crippen molar-refractivity contribution in [1.29, 1.82) is 0 Å². The van der Waals surface area contributed by atoms with Crippen LogP contribution in [0.5, 0.6) is 11.8 Å². The number of rotatable bonds is 18. The predicted molar refractivity (Wildman–Crippen MR) is 156 cm³/mol. The largest absolute Gasteiger partial charge is 0.492 e. The van der Waals surface area contributed by atoms with Crippen LogP contribution in [0.4, 0.5) is 0 Å². The highest BCUT2D eigenvalue weighted by molar-refractivity contribution is 5.76. The minimum absolute atomic E-state index is 0.0198. The SMILES string of the molecule is C[C@@H]1O[C@@H](OCCN(CCCO[C@H]2O[C@H](CO)[C@@H](O)[C@H](O)[C@@H]2O)C(=O)CCCCCCC(=O)On2c(O)ccc2O)[C@@H](O)[C@H](O)[C@@H]1O. The number of unbranched alkanes of at least 4 members (excludes halogenated alkanes) is 3. The Morgan fingerprint density at radius 3 is 1.96 bits per heavy atom. The van der Waals surface area contributed by atoms with E-state index in [1.165, 1.54) is 24.0 Å². The van der Waals surface area contributed by atoms with Gasteiger partial charge < -0.3 is 74.6 Å². The van der Waals surface area contributed by atoms with Crippen molar-refractivity contribution in [2.24, 2.45) is 0 Å². The molecule has 9 N–H and O–H groups in total. The molecule has 3 rings (SSSR count). The molecule has 2 fully saturated rings.